The van der Waals surface area contributed by atoms with Crippen LogP contribution in [0.25, 0.3) is 0 Å². The summed E-state index contributed by atoms with van der Waals surface area (Å²) in [6.07, 6.45) is 0.464. The highest BCUT2D eigenvalue weighted by Gasteiger charge is 2.01. The molecule has 0 bridgehead atoms. The molecule has 5 heteroatoms. The zero-order chi connectivity index (χ0) is 15.1. The second-order valence-electron chi connectivity index (χ2n) is 4.42. The Hall–Kier alpha value is -1.88. The molecule has 0 saturated carbocycles. The van der Waals surface area contributed by atoms with Gasteiger partial charge in [0, 0.05) is 18.3 Å². The van der Waals surface area contributed by atoms with Crippen molar-refractivity contribution < 1.29 is 13.9 Å². The van der Waals surface area contributed by atoms with Gasteiger partial charge < -0.3 is 10.1 Å². The van der Waals surface area contributed by atoms with Gasteiger partial charge >= 0.3 is 0 Å². The zero-order valence-corrected chi connectivity index (χ0v) is 12.9. The lowest BCUT2D eigenvalue weighted by Crippen LogP contribution is -2.22. The first kappa shape index (κ1) is 15.5. The molecule has 3 nitrogen and oxygen atoms in total. The molecule has 0 fully saturated rings. The van der Waals surface area contributed by atoms with Crippen LogP contribution < -0.4 is 10.1 Å². The van der Waals surface area contributed by atoms with Crippen molar-refractivity contribution in [2.45, 2.75) is 13.0 Å². The molecule has 0 spiro atoms. The SMILES string of the molecule is O=C(CCBr)NCc1ccc(Oc2ccc(F)cc2)cc1. The molecule has 0 radical (unpaired) electrons. The number of hydrogen-bond donors (Lipinski definition) is 1. The van der Waals surface area contributed by atoms with Crippen LogP contribution >= 0.6 is 15.9 Å². The zero-order valence-electron chi connectivity index (χ0n) is 11.3. The predicted octanol–water partition coefficient (Wildman–Crippen LogP) is 4.02. The maximum atomic E-state index is 12.8. The fourth-order valence-corrected chi connectivity index (χ4v) is 2.05. The van der Waals surface area contributed by atoms with Crippen LogP contribution in [0.3, 0.4) is 0 Å². The maximum Gasteiger partial charge on any atom is 0.221 e. The lowest BCUT2D eigenvalue weighted by Gasteiger charge is -2.07. The summed E-state index contributed by atoms with van der Waals surface area (Å²) in [6.45, 7) is 0.489. The highest BCUT2D eigenvalue weighted by Crippen LogP contribution is 2.21. The summed E-state index contributed by atoms with van der Waals surface area (Å²) in [5.41, 5.74) is 0.990. The number of hydrogen-bond acceptors (Lipinski definition) is 2. The summed E-state index contributed by atoms with van der Waals surface area (Å²) < 4.78 is 18.4. The Morgan fingerprint density at radius 2 is 1.62 bits per heavy atom. The van der Waals surface area contributed by atoms with Crippen LogP contribution in [0.5, 0.6) is 11.5 Å². The lowest BCUT2D eigenvalue weighted by atomic mass is 10.2. The number of ether oxygens (including phenoxy) is 1. The molecule has 0 unspecified atom stereocenters. The third kappa shape index (κ3) is 5.19. The average molecular weight is 352 g/mol. The van der Waals surface area contributed by atoms with E-state index in [1.54, 1.807) is 12.1 Å². The Kier molecular flexibility index (Phi) is 5.75. The number of halogens is 2. The van der Waals surface area contributed by atoms with Gasteiger partial charge in [0.15, 0.2) is 0 Å². The topological polar surface area (TPSA) is 38.3 Å². The van der Waals surface area contributed by atoms with Crippen LogP contribution in [0, 0.1) is 5.82 Å². The van der Waals surface area contributed by atoms with Crippen molar-refractivity contribution >= 4 is 21.8 Å². The number of benzene rings is 2. The van der Waals surface area contributed by atoms with Gasteiger partial charge in [-0.1, -0.05) is 28.1 Å². The van der Waals surface area contributed by atoms with E-state index in [2.05, 4.69) is 21.2 Å². The van der Waals surface area contributed by atoms with E-state index >= 15 is 0 Å². The summed E-state index contributed by atoms with van der Waals surface area (Å²) >= 11 is 3.22. The monoisotopic (exact) mass is 351 g/mol. The smallest absolute Gasteiger partial charge is 0.221 e. The Labute approximate surface area is 131 Å². The van der Waals surface area contributed by atoms with Crippen LogP contribution in [0.2, 0.25) is 0 Å². The second kappa shape index (κ2) is 7.78. The van der Waals surface area contributed by atoms with Gasteiger partial charge in [0.05, 0.1) is 0 Å². The average Bonchev–Trinajstić information content (AvgIpc) is 2.49. The fraction of sp³-hybridized carbons (Fsp3) is 0.188. The first-order valence-electron chi connectivity index (χ1n) is 6.52. The second-order valence-corrected chi connectivity index (χ2v) is 5.21. The fourth-order valence-electron chi connectivity index (χ4n) is 1.69. The van der Waals surface area contributed by atoms with E-state index in [-0.39, 0.29) is 11.7 Å². The molecule has 0 aliphatic carbocycles. The molecule has 2 rings (SSSR count). The minimum absolute atomic E-state index is 0.0125. The van der Waals surface area contributed by atoms with E-state index in [1.165, 1.54) is 12.1 Å². The predicted molar refractivity (Wildman–Crippen MR) is 83.2 cm³/mol. The summed E-state index contributed by atoms with van der Waals surface area (Å²) in [7, 11) is 0. The van der Waals surface area contributed by atoms with Crippen LogP contribution in [-0.4, -0.2) is 11.2 Å². The third-order valence-corrected chi connectivity index (χ3v) is 3.18. The van der Waals surface area contributed by atoms with Crippen molar-refractivity contribution in [1.82, 2.24) is 5.32 Å². The Balaban J connectivity index is 1.89. The Bertz CT molecular complexity index is 584. The quantitative estimate of drug-likeness (QED) is 0.798. The number of carbonyl (C=O) groups excluding carboxylic acids is 1. The van der Waals surface area contributed by atoms with Gasteiger partial charge in [-0.2, -0.15) is 0 Å². The largest absolute Gasteiger partial charge is 0.457 e. The molecule has 0 aliphatic rings. The number of rotatable bonds is 6. The van der Waals surface area contributed by atoms with Crippen LogP contribution in [0.1, 0.15) is 12.0 Å². The van der Waals surface area contributed by atoms with Crippen LogP contribution in [-0.2, 0) is 11.3 Å². The van der Waals surface area contributed by atoms with Gasteiger partial charge in [-0.3, -0.25) is 4.79 Å². The highest BCUT2D eigenvalue weighted by molar-refractivity contribution is 9.09. The van der Waals surface area contributed by atoms with E-state index in [0.29, 0.717) is 29.8 Å². The number of carbonyl (C=O) groups is 1. The van der Waals surface area contributed by atoms with Crippen molar-refractivity contribution in [3.8, 4) is 11.5 Å². The van der Waals surface area contributed by atoms with E-state index in [1.807, 2.05) is 24.3 Å². The summed E-state index contributed by atoms with van der Waals surface area (Å²) in [5, 5.41) is 3.48. The summed E-state index contributed by atoms with van der Waals surface area (Å²) in [5.74, 6) is 0.961. The molecule has 1 N–H and O–H groups in total. The van der Waals surface area contributed by atoms with E-state index < -0.39 is 0 Å². The van der Waals surface area contributed by atoms with Gasteiger partial charge in [0.25, 0.3) is 0 Å². The van der Waals surface area contributed by atoms with Crippen molar-refractivity contribution in [3.05, 3.63) is 59.9 Å². The molecule has 0 aromatic heterocycles. The number of amides is 1. The van der Waals surface area contributed by atoms with E-state index in [4.69, 9.17) is 4.74 Å². The van der Waals surface area contributed by atoms with Crippen LogP contribution in [0.4, 0.5) is 4.39 Å². The number of nitrogens with one attached hydrogen (secondary N) is 1. The molecular formula is C16H15BrFNO2. The number of alkyl halides is 1. The third-order valence-electron chi connectivity index (χ3n) is 2.78. The minimum atomic E-state index is -0.295. The molecule has 0 atom stereocenters. The molecule has 0 aliphatic heterocycles. The summed E-state index contributed by atoms with van der Waals surface area (Å²) in [6, 6.07) is 13.2. The van der Waals surface area contributed by atoms with E-state index in [0.717, 1.165) is 5.56 Å². The molecule has 2 aromatic carbocycles. The van der Waals surface area contributed by atoms with Crippen molar-refractivity contribution in [1.29, 1.82) is 0 Å². The molecule has 0 heterocycles. The maximum absolute atomic E-state index is 12.8. The molecule has 110 valence electrons. The van der Waals surface area contributed by atoms with Gasteiger partial charge in [0.2, 0.25) is 5.91 Å². The highest BCUT2D eigenvalue weighted by atomic mass is 79.9. The standard InChI is InChI=1S/C16H15BrFNO2/c17-10-9-16(20)19-11-12-1-5-14(6-2-12)21-15-7-3-13(18)4-8-15/h1-8H,9-11H2,(H,19,20). The van der Waals surface area contributed by atoms with E-state index in [9.17, 15) is 9.18 Å². The molecule has 2 aromatic rings. The Morgan fingerprint density at radius 1 is 1.05 bits per heavy atom. The van der Waals surface area contributed by atoms with Gasteiger partial charge in [0.1, 0.15) is 17.3 Å². The first-order chi connectivity index (χ1) is 10.2. The van der Waals surface area contributed by atoms with Crippen molar-refractivity contribution in [2.24, 2.45) is 0 Å². The first-order valence-corrected chi connectivity index (χ1v) is 7.64. The van der Waals surface area contributed by atoms with Crippen molar-refractivity contribution in [3.63, 3.8) is 0 Å². The van der Waals surface area contributed by atoms with Crippen LogP contribution in [0.15, 0.2) is 48.5 Å². The minimum Gasteiger partial charge on any atom is -0.457 e. The summed E-state index contributed by atoms with van der Waals surface area (Å²) in [4.78, 5) is 11.4. The molecule has 1 amide bonds. The van der Waals surface area contributed by atoms with Crippen molar-refractivity contribution in [2.75, 3.05) is 5.33 Å². The van der Waals surface area contributed by atoms with Gasteiger partial charge in [-0.25, -0.2) is 4.39 Å². The lowest BCUT2D eigenvalue weighted by molar-refractivity contribution is -0.120. The normalized spacial score (nSPS) is 10.2. The molecular weight excluding hydrogens is 337 g/mol. The Morgan fingerprint density at radius 3 is 2.19 bits per heavy atom. The van der Waals surface area contributed by atoms with Gasteiger partial charge in [-0.15, -0.1) is 0 Å². The molecule has 21 heavy (non-hydrogen) atoms. The molecule has 0 saturated heterocycles. The van der Waals surface area contributed by atoms with Gasteiger partial charge in [-0.05, 0) is 42.0 Å².